The molecule has 154 valence electrons. The van der Waals surface area contributed by atoms with Gasteiger partial charge in [-0.15, -0.1) is 0 Å². The number of hydrogen-bond acceptors (Lipinski definition) is 5. The van der Waals surface area contributed by atoms with Crippen LogP contribution in [0.5, 0.6) is 11.5 Å². The minimum atomic E-state index is -0.662. The number of aliphatic hydroxyl groups excluding tert-OH is 1. The summed E-state index contributed by atoms with van der Waals surface area (Å²) in [7, 11) is 4.04. The third kappa shape index (κ3) is 1.45. The Hall–Kier alpha value is -1.56. The first-order valence-electron chi connectivity index (χ1n) is 11.1. The Morgan fingerprint density at radius 2 is 2.10 bits per heavy atom. The molecule has 7 aliphatic rings. The highest BCUT2D eigenvalue weighted by atomic mass is 16.6. The molecular weight excluding hydrogens is 366 g/mol. The second-order valence-corrected chi connectivity index (χ2v) is 10.5. The maximum Gasteiger partial charge on any atom is 0.165 e. The van der Waals surface area contributed by atoms with Gasteiger partial charge in [0.1, 0.15) is 11.7 Å². The molecule has 1 aromatic rings. The summed E-state index contributed by atoms with van der Waals surface area (Å²) >= 11 is 0. The molecule has 29 heavy (non-hydrogen) atoms. The lowest BCUT2D eigenvalue weighted by Gasteiger charge is -2.74. The molecular formula is C24H29NO4. The van der Waals surface area contributed by atoms with Crippen molar-refractivity contribution >= 4 is 0 Å². The van der Waals surface area contributed by atoms with Gasteiger partial charge in [0, 0.05) is 29.5 Å². The Kier molecular flexibility index (Phi) is 2.86. The van der Waals surface area contributed by atoms with E-state index in [0.29, 0.717) is 11.8 Å². The molecule has 5 aliphatic carbocycles. The number of methoxy groups -OCH3 is 1. The number of piperidine rings is 1. The highest BCUT2D eigenvalue weighted by molar-refractivity contribution is 5.65. The van der Waals surface area contributed by atoms with Gasteiger partial charge in [0.15, 0.2) is 11.5 Å². The number of ether oxygens (including phenoxy) is 2. The van der Waals surface area contributed by atoms with Gasteiger partial charge in [-0.05, 0) is 57.3 Å². The van der Waals surface area contributed by atoms with Crippen molar-refractivity contribution in [2.75, 3.05) is 20.7 Å². The molecule has 2 N–H and O–H groups in total. The number of likely N-dealkylation sites (tertiary alicyclic amines) is 1. The Balaban J connectivity index is 1.60. The second kappa shape index (κ2) is 4.84. The molecule has 2 heterocycles. The molecule has 1 saturated heterocycles. The molecule has 0 amide bonds. The lowest BCUT2D eigenvalue weighted by atomic mass is 9.33. The maximum atomic E-state index is 11.3. The van der Waals surface area contributed by atoms with Crippen molar-refractivity contribution < 1.29 is 19.7 Å². The van der Waals surface area contributed by atoms with Crippen molar-refractivity contribution in [2.45, 2.75) is 67.8 Å². The number of benzene rings is 1. The van der Waals surface area contributed by atoms with Crippen molar-refractivity contribution in [3.8, 4) is 11.5 Å². The lowest BCUT2D eigenvalue weighted by molar-refractivity contribution is -0.266. The predicted octanol–water partition coefficient (Wildman–Crippen LogP) is 2.53. The average Bonchev–Trinajstić information content (AvgIpc) is 3.26. The topological polar surface area (TPSA) is 62.2 Å². The zero-order chi connectivity index (χ0) is 19.8. The van der Waals surface area contributed by atoms with Crippen molar-refractivity contribution in [2.24, 2.45) is 10.8 Å². The molecule has 7 atom stereocenters. The van der Waals surface area contributed by atoms with Crippen LogP contribution in [0, 0.1) is 10.8 Å². The second-order valence-electron chi connectivity index (χ2n) is 10.5. The zero-order valence-corrected chi connectivity index (χ0v) is 17.1. The summed E-state index contributed by atoms with van der Waals surface area (Å²) in [5.74, 6) is 0.918. The van der Waals surface area contributed by atoms with Gasteiger partial charge in [-0.1, -0.05) is 24.6 Å². The van der Waals surface area contributed by atoms with Gasteiger partial charge in [0.2, 0.25) is 0 Å². The number of rotatable bonds is 1. The van der Waals surface area contributed by atoms with Crippen molar-refractivity contribution in [1.29, 1.82) is 0 Å². The Morgan fingerprint density at radius 3 is 2.86 bits per heavy atom. The van der Waals surface area contributed by atoms with E-state index in [-0.39, 0.29) is 34.2 Å². The SMILES string of the molecule is CO[C@]12C=C[C@@]3(C[C@@]14CCC[C@@H]4O)[C@H]1Cc4ccc(O)c5c4[C@@]3(CCN1C)[C@@H]2O5. The summed E-state index contributed by atoms with van der Waals surface area (Å²) in [6, 6.07) is 4.28. The summed E-state index contributed by atoms with van der Waals surface area (Å²) in [5, 5.41) is 22.1. The fourth-order valence-electron chi connectivity index (χ4n) is 9.04. The highest BCUT2D eigenvalue weighted by Gasteiger charge is 2.83. The first-order valence-corrected chi connectivity index (χ1v) is 11.1. The highest BCUT2D eigenvalue weighted by Crippen LogP contribution is 2.78. The lowest BCUT2D eigenvalue weighted by Crippen LogP contribution is -2.82. The average molecular weight is 395 g/mol. The maximum absolute atomic E-state index is 11.3. The molecule has 8 rings (SSSR count). The molecule has 0 unspecified atom stereocenters. The van der Waals surface area contributed by atoms with Crippen LogP contribution in [0.3, 0.4) is 0 Å². The molecule has 5 nitrogen and oxygen atoms in total. The van der Waals surface area contributed by atoms with Crippen LogP contribution in [-0.2, 0) is 16.6 Å². The number of phenolic OH excluding ortho intramolecular Hbond substituents is 1. The molecule has 3 fully saturated rings. The Bertz CT molecular complexity index is 976. The predicted molar refractivity (Wildman–Crippen MR) is 107 cm³/mol. The number of likely N-dealkylation sites (N-methyl/N-ethyl adjacent to an activating group) is 1. The fraction of sp³-hybridized carbons (Fsp3) is 0.667. The van der Waals surface area contributed by atoms with Crippen molar-refractivity contribution in [1.82, 2.24) is 4.90 Å². The summed E-state index contributed by atoms with van der Waals surface area (Å²) in [6.45, 7) is 1.02. The normalized spacial score (nSPS) is 50.8. The van der Waals surface area contributed by atoms with Crippen molar-refractivity contribution in [3.63, 3.8) is 0 Å². The summed E-state index contributed by atoms with van der Waals surface area (Å²) in [5.41, 5.74) is 1.28. The van der Waals surface area contributed by atoms with Gasteiger partial charge in [-0.2, -0.15) is 0 Å². The molecule has 0 aromatic heterocycles. The van der Waals surface area contributed by atoms with Crippen molar-refractivity contribution in [3.05, 3.63) is 35.4 Å². The monoisotopic (exact) mass is 395 g/mol. The smallest absolute Gasteiger partial charge is 0.165 e. The van der Waals surface area contributed by atoms with E-state index in [0.717, 1.165) is 45.1 Å². The van der Waals surface area contributed by atoms with Gasteiger partial charge in [-0.25, -0.2) is 0 Å². The third-order valence-corrected chi connectivity index (χ3v) is 10.1. The van der Waals surface area contributed by atoms with Gasteiger partial charge in [0.05, 0.1) is 11.5 Å². The van der Waals surface area contributed by atoms with Gasteiger partial charge in [0.25, 0.3) is 0 Å². The summed E-state index contributed by atoms with van der Waals surface area (Å²) in [6.07, 6.45) is 9.84. The van der Waals surface area contributed by atoms with Gasteiger partial charge in [-0.3, -0.25) is 0 Å². The van der Waals surface area contributed by atoms with Crippen LogP contribution < -0.4 is 4.74 Å². The van der Waals surface area contributed by atoms with E-state index in [1.807, 2.05) is 0 Å². The van der Waals surface area contributed by atoms with Crippen LogP contribution in [0.4, 0.5) is 0 Å². The van der Waals surface area contributed by atoms with E-state index in [1.54, 1.807) is 13.2 Å². The number of phenols is 1. The molecule has 0 radical (unpaired) electrons. The van der Waals surface area contributed by atoms with E-state index in [2.05, 4.69) is 30.2 Å². The number of aromatic hydroxyl groups is 1. The van der Waals surface area contributed by atoms with Crippen LogP contribution in [0.2, 0.25) is 0 Å². The van der Waals surface area contributed by atoms with Crippen LogP contribution in [0.25, 0.3) is 0 Å². The summed E-state index contributed by atoms with van der Waals surface area (Å²) < 4.78 is 13.2. The van der Waals surface area contributed by atoms with Gasteiger partial charge >= 0.3 is 0 Å². The number of aliphatic hydroxyl groups is 1. The molecule has 3 spiro atoms. The number of hydrogen-bond donors (Lipinski definition) is 2. The van der Waals surface area contributed by atoms with Crippen LogP contribution in [-0.4, -0.2) is 59.7 Å². The molecule has 5 heteroatoms. The Morgan fingerprint density at radius 1 is 1.24 bits per heavy atom. The fourth-order valence-corrected chi connectivity index (χ4v) is 9.04. The molecule has 2 aliphatic heterocycles. The standard InChI is InChI=1S/C24H29NO4/c1-25-11-10-23-18-14-5-6-15(26)19(18)29-20(23)24(28-2)9-8-21(23,16(25)12-14)13-22(24)7-3-4-17(22)27/h5-6,8-9,16-17,20,26-27H,3-4,7,10-13H2,1-2H3/t16-,17+,20+,21-,22-,23+,24+/m1/s1. The Labute approximate surface area is 171 Å². The van der Waals surface area contributed by atoms with Gasteiger partial charge < -0.3 is 24.6 Å². The van der Waals surface area contributed by atoms with Crippen LogP contribution in [0.15, 0.2) is 24.3 Å². The molecule has 1 aromatic carbocycles. The van der Waals surface area contributed by atoms with Crippen LogP contribution in [0.1, 0.15) is 43.2 Å². The van der Waals surface area contributed by atoms with E-state index in [9.17, 15) is 10.2 Å². The molecule has 4 bridgehead atoms. The molecule has 2 saturated carbocycles. The zero-order valence-electron chi connectivity index (χ0n) is 17.1. The summed E-state index contributed by atoms with van der Waals surface area (Å²) in [4.78, 5) is 2.53. The minimum absolute atomic E-state index is 0.0949. The quantitative estimate of drug-likeness (QED) is 0.716. The largest absolute Gasteiger partial charge is 0.504 e. The first kappa shape index (κ1) is 17.2. The minimum Gasteiger partial charge on any atom is -0.504 e. The van der Waals surface area contributed by atoms with E-state index >= 15 is 0 Å². The first-order chi connectivity index (χ1) is 14.0. The van der Waals surface area contributed by atoms with E-state index in [1.165, 1.54) is 11.1 Å². The number of nitrogens with zero attached hydrogens (tertiary/aromatic N) is 1. The van der Waals surface area contributed by atoms with E-state index in [4.69, 9.17) is 9.47 Å². The van der Waals surface area contributed by atoms with Crippen LogP contribution >= 0.6 is 0 Å². The third-order valence-electron chi connectivity index (χ3n) is 10.1. The van der Waals surface area contributed by atoms with E-state index < -0.39 is 5.60 Å².